The number of aliphatic hydroxyl groups excluding tert-OH is 3. The fraction of sp³-hybridized carbons (Fsp3) is 0.781. The molecule has 0 aliphatic rings. The molecule has 9 atom stereocenters. The number of carbonyl (C=O) groups is 7. The Labute approximate surface area is 298 Å². The van der Waals surface area contributed by atoms with Crippen molar-refractivity contribution in [2.45, 2.75) is 135 Å². The molecule has 51 heavy (non-hydrogen) atoms. The number of nitrogens with two attached hydrogens (primary N) is 2. The second-order valence-electron chi connectivity index (χ2n) is 13.5. The minimum absolute atomic E-state index is 0.0296. The third-order valence-electron chi connectivity index (χ3n) is 7.65. The van der Waals surface area contributed by atoms with E-state index in [-0.39, 0.29) is 37.6 Å². The van der Waals surface area contributed by atoms with E-state index in [0.717, 1.165) is 0 Å². The average molecular weight is 733 g/mol. The molecule has 6 amide bonds. The molecule has 0 spiro atoms. The van der Waals surface area contributed by atoms with Crippen LogP contribution in [0, 0.1) is 11.8 Å². The van der Waals surface area contributed by atoms with Gasteiger partial charge in [-0.05, 0) is 71.3 Å². The maximum absolute atomic E-state index is 13.6. The number of hydrogen-bond donors (Lipinski definition) is 12. The smallest absolute Gasteiger partial charge is 0.326 e. The molecule has 294 valence electrons. The number of carboxylic acid groups (broad SMARTS) is 1. The van der Waals surface area contributed by atoms with E-state index in [1.165, 1.54) is 20.8 Å². The molecular weight excluding hydrogens is 672 g/mol. The lowest BCUT2D eigenvalue weighted by molar-refractivity contribution is -0.142. The molecule has 0 radical (unpaired) electrons. The highest BCUT2D eigenvalue weighted by atomic mass is 16.4. The van der Waals surface area contributed by atoms with Gasteiger partial charge in [-0.1, -0.05) is 27.7 Å². The first-order valence-electron chi connectivity index (χ1n) is 17.1. The van der Waals surface area contributed by atoms with Crippen LogP contribution in [-0.4, -0.2) is 129 Å². The van der Waals surface area contributed by atoms with Crippen molar-refractivity contribution in [3.8, 4) is 0 Å². The summed E-state index contributed by atoms with van der Waals surface area (Å²) in [7, 11) is 0. The minimum atomic E-state index is -1.67. The molecule has 0 aliphatic carbocycles. The van der Waals surface area contributed by atoms with Crippen LogP contribution in [0.4, 0.5) is 0 Å². The molecule has 0 unspecified atom stereocenters. The third kappa shape index (κ3) is 17.7. The zero-order chi connectivity index (χ0) is 39.6. The SMILES string of the molecule is CC(C)C[C@H](NC(=O)[C@H](C)NC(=O)[C@H](CC(C)C)NC(=O)[C@H](CCCCN)NC(=O)[C@@H](NC(=O)[C@@H](NC(=O)[C@@H](N)CO)[C@@H](C)O)[C@@H](C)O)C(=O)O. The normalized spacial score (nSPS) is 16.7. The van der Waals surface area contributed by atoms with Gasteiger partial charge < -0.3 is 63.8 Å². The van der Waals surface area contributed by atoms with E-state index in [1.54, 1.807) is 27.7 Å². The molecule has 0 saturated carbocycles. The van der Waals surface area contributed by atoms with Crippen LogP contribution in [0.15, 0.2) is 0 Å². The maximum atomic E-state index is 13.6. The van der Waals surface area contributed by atoms with Gasteiger partial charge in [0.2, 0.25) is 35.4 Å². The summed E-state index contributed by atoms with van der Waals surface area (Å²) >= 11 is 0. The summed E-state index contributed by atoms with van der Waals surface area (Å²) in [5.41, 5.74) is 11.1. The fourth-order valence-electron chi connectivity index (χ4n) is 4.76. The summed E-state index contributed by atoms with van der Waals surface area (Å²) in [6.45, 7) is 10.5. The predicted molar refractivity (Wildman–Crippen MR) is 185 cm³/mol. The lowest BCUT2D eigenvalue weighted by Crippen LogP contribution is -2.63. The second kappa shape index (κ2) is 23.5. The summed E-state index contributed by atoms with van der Waals surface area (Å²) in [5, 5.41) is 53.5. The van der Waals surface area contributed by atoms with E-state index in [0.29, 0.717) is 12.8 Å². The lowest BCUT2D eigenvalue weighted by atomic mass is 10.0. The molecule has 0 aromatic heterocycles. The van der Waals surface area contributed by atoms with Crippen LogP contribution >= 0.6 is 0 Å². The number of unbranched alkanes of at least 4 members (excludes halogenated alkanes) is 1. The van der Waals surface area contributed by atoms with Gasteiger partial charge in [0.1, 0.15) is 42.3 Å². The zero-order valence-corrected chi connectivity index (χ0v) is 30.6. The van der Waals surface area contributed by atoms with Crippen LogP contribution in [-0.2, 0) is 33.6 Å². The second-order valence-corrected chi connectivity index (χ2v) is 13.5. The van der Waals surface area contributed by atoms with Gasteiger partial charge >= 0.3 is 5.97 Å². The molecular formula is C32H60N8O11. The molecule has 0 aliphatic heterocycles. The standard InChI is InChI=1S/C32H60N8O11/c1-15(2)12-22(29(47)35-17(5)26(44)38-23(32(50)51)13-16(3)4)37-28(46)21(10-8-9-11-33)36-30(48)24(18(6)42)40-31(49)25(19(7)43)39-27(45)20(34)14-41/h15-25,41-43H,8-14,33-34H2,1-7H3,(H,35,47)(H,36,48)(H,37,46)(H,38,44)(H,39,45)(H,40,49)(H,50,51)/t17-,18+,19+,20-,21-,22-,23-,24-,25-/m0/s1. The highest BCUT2D eigenvalue weighted by Crippen LogP contribution is 2.10. The summed E-state index contributed by atoms with van der Waals surface area (Å²) in [4.78, 5) is 89.8. The first kappa shape index (κ1) is 47.1. The summed E-state index contributed by atoms with van der Waals surface area (Å²) in [5.74, 6) is -6.67. The van der Waals surface area contributed by atoms with E-state index >= 15 is 0 Å². The third-order valence-corrected chi connectivity index (χ3v) is 7.65. The van der Waals surface area contributed by atoms with Crippen molar-refractivity contribution >= 4 is 41.4 Å². The molecule has 0 aromatic carbocycles. The largest absolute Gasteiger partial charge is 0.480 e. The van der Waals surface area contributed by atoms with Crippen molar-refractivity contribution in [3.63, 3.8) is 0 Å². The van der Waals surface area contributed by atoms with Crippen LogP contribution in [0.2, 0.25) is 0 Å². The maximum Gasteiger partial charge on any atom is 0.326 e. The van der Waals surface area contributed by atoms with E-state index in [2.05, 4.69) is 31.9 Å². The Kier molecular flexibility index (Phi) is 21.7. The molecule has 0 heterocycles. The van der Waals surface area contributed by atoms with Gasteiger partial charge in [0, 0.05) is 0 Å². The van der Waals surface area contributed by atoms with Crippen LogP contribution in [0.3, 0.4) is 0 Å². The number of nitrogens with one attached hydrogen (secondary N) is 6. The van der Waals surface area contributed by atoms with Gasteiger partial charge in [0.15, 0.2) is 0 Å². The topological polar surface area (TPSA) is 325 Å². The van der Waals surface area contributed by atoms with E-state index < -0.39 is 103 Å². The monoisotopic (exact) mass is 732 g/mol. The molecule has 14 N–H and O–H groups in total. The summed E-state index contributed by atoms with van der Waals surface area (Å²) in [6.07, 6.45) is -1.84. The molecule has 0 fully saturated rings. The molecule has 0 saturated heterocycles. The molecule has 19 heteroatoms. The Morgan fingerprint density at radius 2 is 1.00 bits per heavy atom. The van der Waals surface area contributed by atoms with Gasteiger partial charge in [-0.3, -0.25) is 28.8 Å². The van der Waals surface area contributed by atoms with Crippen molar-refractivity contribution in [2.75, 3.05) is 13.2 Å². The Bertz CT molecular complexity index is 1170. The Morgan fingerprint density at radius 3 is 1.45 bits per heavy atom. The number of amides is 6. The first-order chi connectivity index (χ1) is 23.7. The number of carbonyl (C=O) groups excluding carboxylic acids is 6. The number of hydrogen-bond acceptors (Lipinski definition) is 12. The van der Waals surface area contributed by atoms with Gasteiger partial charge in [-0.2, -0.15) is 0 Å². The molecule has 19 nitrogen and oxygen atoms in total. The average Bonchev–Trinajstić information content (AvgIpc) is 3.03. The van der Waals surface area contributed by atoms with Gasteiger partial charge in [-0.15, -0.1) is 0 Å². The van der Waals surface area contributed by atoms with Gasteiger partial charge in [0.25, 0.3) is 0 Å². The van der Waals surface area contributed by atoms with E-state index in [4.69, 9.17) is 16.6 Å². The number of carboxylic acids is 1. The predicted octanol–water partition coefficient (Wildman–Crippen LogP) is -3.70. The quantitative estimate of drug-likeness (QED) is 0.0426. The Hall–Kier alpha value is -3.91. The van der Waals surface area contributed by atoms with Gasteiger partial charge in [-0.25, -0.2) is 4.79 Å². The van der Waals surface area contributed by atoms with E-state index in [1.807, 2.05) is 0 Å². The number of aliphatic carboxylic acids is 1. The number of aliphatic hydroxyl groups is 3. The van der Waals surface area contributed by atoms with Crippen LogP contribution in [0.5, 0.6) is 0 Å². The van der Waals surface area contributed by atoms with E-state index in [9.17, 15) is 48.9 Å². The van der Waals surface area contributed by atoms with Crippen molar-refractivity contribution in [2.24, 2.45) is 23.3 Å². The van der Waals surface area contributed by atoms with Crippen molar-refractivity contribution in [1.82, 2.24) is 31.9 Å². The molecule has 0 bridgehead atoms. The van der Waals surface area contributed by atoms with Crippen molar-refractivity contribution < 1.29 is 54.0 Å². The number of rotatable bonds is 24. The highest BCUT2D eigenvalue weighted by Gasteiger charge is 2.35. The van der Waals surface area contributed by atoms with Gasteiger partial charge in [0.05, 0.1) is 18.8 Å². The Morgan fingerprint density at radius 1 is 0.569 bits per heavy atom. The molecule has 0 rings (SSSR count). The highest BCUT2D eigenvalue weighted by molar-refractivity contribution is 5.97. The van der Waals surface area contributed by atoms with Crippen LogP contribution in [0.1, 0.15) is 80.6 Å². The first-order valence-corrected chi connectivity index (χ1v) is 17.1. The van der Waals surface area contributed by atoms with Crippen LogP contribution in [0.25, 0.3) is 0 Å². The summed E-state index contributed by atoms with van der Waals surface area (Å²) < 4.78 is 0. The fourth-order valence-corrected chi connectivity index (χ4v) is 4.76. The lowest BCUT2D eigenvalue weighted by Gasteiger charge is -2.29. The van der Waals surface area contributed by atoms with Crippen molar-refractivity contribution in [3.05, 3.63) is 0 Å². The summed E-state index contributed by atoms with van der Waals surface area (Å²) in [6, 6.07) is -9.50. The molecule has 0 aromatic rings. The zero-order valence-electron chi connectivity index (χ0n) is 30.6. The minimum Gasteiger partial charge on any atom is -0.480 e. The van der Waals surface area contributed by atoms with Crippen molar-refractivity contribution in [1.29, 1.82) is 0 Å². The van der Waals surface area contributed by atoms with Crippen LogP contribution < -0.4 is 43.4 Å². The Balaban J connectivity index is 6.02.